The third kappa shape index (κ3) is 4.78. The Morgan fingerprint density at radius 2 is 1.16 bits per heavy atom. The Hall–Kier alpha value is -2.33. The summed E-state index contributed by atoms with van der Waals surface area (Å²) in [6.45, 7) is 18.9. The van der Waals surface area contributed by atoms with Gasteiger partial charge in [0.1, 0.15) is 0 Å². The third-order valence-electron chi connectivity index (χ3n) is 10.2. The standard InChI is InChI=1S/C22H32N2.C12H16N2/c1-15-6-16(2)21(17(3)7-15)23-4-5-24(14-23)22-11-18-8-19(12-22)10-20(9-18)13-22;1-9-6-10(2)12(11(3)7-9)14-5-4-13-8-14/h6-7,18-20H,4-5,8-14H2,1-3H3;6-8H,4-5H2,1-3H3. The average molecular weight is 513 g/mol. The van der Waals surface area contributed by atoms with E-state index in [4.69, 9.17) is 0 Å². The summed E-state index contributed by atoms with van der Waals surface area (Å²) in [6, 6.07) is 9.18. The first-order valence-corrected chi connectivity index (χ1v) is 15.1. The lowest BCUT2D eigenvalue weighted by Crippen LogP contribution is -2.59. The van der Waals surface area contributed by atoms with Gasteiger partial charge in [-0.2, -0.15) is 0 Å². The summed E-state index contributed by atoms with van der Waals surface area (Å²) in [6.07, 6.45) is 11.1. The van der Waals surface area contributed by atoms with E-state index in [9.17, 15) is 0 Å². The van der Waals surface area contributed by atoms with Crippen LogP contribution in [0.25, 0.3) is 0 Å². The van der Waals surface area contributed by atoms with Crippen LogP contribution < -0.4 is 9.80 Å². The van der Waals surface area contributed by atoms with Gasteiger partial charge in [0, 0.05) is 36.5 Å². The Kier molecular flexibility index (Phi) is 6.83. The van der Waals surface area contributed by atoms with Crippen molar-refractivity contribution < 1.29 is 0 Å². The van der Waals surface area contributed by atoms with Gasteiger partial charge in [0.2, 0.25) is 0 Å². The van der Waals surface area contributed by atoms with Gasteiger partial charge in [-0.15, -0.1) is 0 Å². The number of hydrogen-bond donors (Lipinski definition) is 0. The Labute approximate surface area is 231 Å². The number of rotatable bonds is 3. The number of anilines is 2. The van der Waals surface area contributed by atoms with E-state index in [2.05, 4.69) is 85.5 Å². The molecule has 0 amide bonds. The summed E-state index contributed by atoms with van der Waals surface area (Å²) < 4.78 is 0. The zero-order chi connectivity index (χ0) is 26.6. The second-order valence-electron chi connectivity index (χ2n) is 13.5. The van der Waals surface area contributed by atoms with Crippen molar-refractivity contribution >= 4 is 17.7 Å². The summed E-state index contributed by atoms with van der Waals surface area (Å²) in [5.74, 6) is 3.15. The molecule has 4 aliphatic carbocycles. The molecule has 4 nitrogen and oxygen atoms in total. The normalized spacial score (nSPS) is 29.8. The van der Waals surface area contributed by atoms with Gasteiger partial charge in [0.25, 0.3) is 0 Å². The van der Waals surface area contributed by atoms with Gasteiger partial charge < -0.3 is 9.80 Å². The number of benzene rings is 2. The molecule has 4 saturated carbocycles. The fourth-order valence-corrected chi connectivity index (χ4v) is 9.46. The lowest BCUT2D eigenvalue weighted by Gasteiger charge is -2.60. The predicted molar refractivity (Wildman–Crippen MR) is 162 cm³/mol. The van der Waals surface area contributed by atoms with Crippen molar-refractivity contribution in [2.24, 2.45) is 22.7 Å². The van der Waals surface area contributed by atoms with Crippen molar-refractivity contribution in [3.8, 4) is 0 Å². The van der Waals surface area contributed by atoms with E-state index >= 15 is 0 Å². The molecule has 0 atom stereocenters. The van der Waals surface area contributed by atoms with Crippen LogP contribution >= 0.6 is 0 Å². The molecule has 0 aromatic heterocycles. The fraction of sp³-hybridized carbons (Fsp3) is 0.618. The van der Waals surface area contributed by atoms with E-state index in [1.165, 1.54) is 77.1 Å². The molecule has 5 fully saturated rings. The van der Waals surface area contributed by atoms with Crippen molar-refractivity contribution in [3.63, 3.8) is 0 Å². The topological polar surface area (TPSA) is 22.1 Å². The maximum absolute atomic E-state index is 4.25. The minimum Gasteiger partial charge on any atom is -0.357 e. The molecule has 0 unspecified atom stereocenters. The second kappa shape index (κ2) is 10.0. The van der Waals surface area contributed by atoms with Crippen molar-refractivity contribution in [1.29, 1.82) is 0 Å². The number of aryl methyl sites for hydroxylation is 6. The van der Waals surface area contributed by atoms with Gasteiger partial charge in [0.05, 0.1) is 19.6 Å². The lowest BCUT2D eigenvalue weighted by atomic mass is 9.52. The molecule has 4 bridgehead atoms. The Balaban J connectivity index is 0.000000161. The molecule has 2 aromatic rings. The average Bonchev–Trinajstić information content (AvgIpc) is 3.51. The SMILES string of the molecule is Cc1cc(C)c(N2C=NCC2)c(C)c1.Cc1cc(C)c(N2CCN(C34CC5CC(CC(C5)C3)C4)C2)c(C)c1. The largest absolute Gasteiger partial charge is 0.357 e. The zero-order valence-electron chi connectivity index (χ0n) is 24.7. The lowest BCUT2D eigenvalue weighted by molar-refractivity contribution is -0.0797. The van der Waals surface area contributed by atoms with Crippen molar-refractivity contribution in [2.75, 3.05) is 42.6 Å². The molecule has 0 radical (unpaired) electrons. The third-order valence-corrected chi connectivity index (χ3v) is 10.2. The Morgan fingerprint density at radius 1 is 0.658 bits per heavy atom. The van der Waals surface area contributed by atoms with Crippen molar-refractivity contribution in [1.82, 2.24) is 4.90 Å². The van der Waals surface area contributed by atoms with Gasteiger partial charge in [-0.05, 0) is 120 Å². The molecule has 0 N–H and O–H groups in total. The van der Waals surface area contributed by atoms with E-state index < -0.39 is 0 Å². The smallest absolute Gasteiger partial charge is 0.0895 e. The highest BCUT2D eigenvalue weighted by atomic mass is 15.4. The molecular formula is C34H48N4. The monoisotopic (exact) mass is 512 g/mol. The van der Waals surface area contributed by atoms with Crippen molar-refractivity contribution in [3.05, 3.63) is 57.6 Å². The predicted octanol–water partition coefficient (Wildman–Crippen LogP) is 7.12. The van der Waals surface area contributed by atoms with Crippen LogP contribution in [0.15, 0.2) is 29.3 Å². The highest BCUT2D eigenvalue weighted by Crippen LogP contribution is 2.58. The molecule has 8 rings (SSSR count). The van der Waals surface area contributed by atoms with Gasteiger partial charge in [-0.3, -0.25) is 9.89 Å². The molecule has 204 valence electrons. The summed E-state index contributed by atoms with van der Waals surface area (Å²) >= 11 is 0. The maximum Gasteiger partial charge on any atom is 0.0895 e. The molecule has 2 aliphatic heterocycles. The summed E-state index contributed by atoms with van der Waals surface area (Å²) in [5.41, 5.74) is 11.7. The van der Waals surface area contributed by atoms with Gasteiger partial charge in [-0.1, -0.05) is 35.4 Å². The van der Waals surface area contributed by atoms with Crippen LogP contribution in [0, 0.1) is 59.3 Å². The van der Waals surface area contributed by atoms with E-state index in [1.54, 1.807) is 19.3 Å². The van der Waals surface area contributed by atoms with Gasteiger partial charge >= 0.3 is 0 Å². The second-order valence-corrected chi connectivity index (χ2v) is 13.5. The van der Waals surface area contributed by atoms with Crippen LogP contribution in [-0.2, 0) is 0 Å². The fourth-order valence-electron chi connectivity index (χ4n) is 9.46. The van der Waals surface area contributed by atoms with Crippen molar-refractivity contribution in [2.45, 2.75) is 85.6 Å². The molecular weight excluding hydrogens is 464 g/mol. The summed E-state index contributed by atoms with van der Waals surface area (Å²) in [7, 11) is 0. The number of aliphatic imine (C=N–C) groups is 1. The van der Waals surface area contributed by atoms with Crippen LogP contribution in [0.1, 0.15) is 71.9 Å². The minimum absolute atomic E-state index is 0.565. The molecule has 2 aromatic carbocycles. The summed E-state index contributed by atoms with van der Waals surface area (Å²) in [5, 5.41) is 0. The number of hydrogen-bond acceptors (Lipinski definition) is 4. The molecule has 1 saturated heterocycles. The molecule has 0 spiro atoms. The zero-order valence-corrected chi connectivity index (χ0v) is 24.7. The first-order valence-electron chi connectivity index (χ1n) is 15.1. The van der Waals surface area contributed by atoms with E-state index in [1.807, 2.05) is 6.34 Å². The molecule has 2 heterocycles. The van der Waals surface area contributed by atoms with Crippen LogP contribution in [0.5, 0.6) is 0 Å². The highest BCUT2D eigenvalue weighted by Gasteiger charge is 2.54. The van der Waals surface area contributed by atoms with E-state index in [0.29, 0.717) is 5.54 Å². The minimum atomic E-state index is 0.565. The molecule has 38 heavy (non-hydrogen) atoms. The van der Waals surface area contributed by atoms with Gasteiger partial charge in [0.15, 0.2) is 0 Å². The molecule has 6 aliphatic rings. The van der Waals surface area contributed by atoms with Crippen LogP contribution in [0.4, 0.5) is 11.4 Å². The number of nitrogens with zero attached hydrogens (tertiary/aromatic N) is 4. The summed E-state index contributed by atoms with van der Waals surface area (Å²) in [4.78, 5) is 12.1. The highest BCUT2D eigenvalue weighted by molar-refractivity contribution is 5.84. The first kappa shape index (κ1) is 25.9. The Morgan fingerprint density at radius 3 is 1.63 bits per heavy atom. The Bertz CT molecular complexity index is 1150. The quantitative estimate of drug-likeness (QED) is 0.437. The van der Waals surface area contributed by atoms with E-state index in [0.717, 1.165) is 37.5 Å². The van der Waals surface area contributed by atoms with Gasteiger partial charge in [-0.25, -0.2) is 0 Å². The van der Waals surface area contributed by atoms with Crippen LogP contribution in [-0.4, -0.2) is 49.6 Å². The van der Waals surface area contributed by atoms with Crippen LogP contribution in [0.3, 0.4) is 0 Å². The van der Waals surface area contributed by atoms with Crippen LogP contribution in [0.2, 0.25) is 0 Å². The first-order chi connectivity index (χ1) is 18.2. The van der Waals surface area contributed by atoms with E-state index in [-0.39, 0.29) is 0 Å². The maximum atomic E-state index is 4.25. The molecule has 4 heteroatoms.